The molecular weight excluding hydrogens is 264 g/mol. The molecule has 19 heavy (non-hydrogen) atoms. The Morgan fingerprint density at radius 3 is 2.79 bits per heavy atom. The molecular formula is C13H15ClN4O. The summed E-state index contributed by atoms with van der Waals surface area (Å²) in [5, 5.41) is 7.37. The summed E-state index contributed by atoms with van der Waals surface area (Å²) in [6.45, 7) is 3.13. The second kappa shape index (κ2) is 6.33. The second-order valence-corrected chi connectivity index (χ2v) is 4.49. The summed E-state index contributed by atoms with van der Waals surface area (Å²) in [4.78, 5) is 15.9. The van der Waals surface area contributed by atoms with Gasteiger partial charge in [-0.05, 0) is 24.1 Å². The molecule has 0 amide bonds. The summed E-state index contributed by atoms with van der Waals surface area (Å²) in [6, 6.07) is 3.79. The Bertz CT molecular complexity index is 597. The predicted molar refractivity (Wildman–Crippen MR) is 75.4 cm³/mol. The molecule has 0 fully saturated rings. The number of nitrogens with one attached hydrogen (secondary N) is 1. The van der Waals surface area contributed by atoms with Crippen LogP contribution in [0.2, 0.25) is 5.02 Å². The number of nitrogens with zero attached hydrogens (tertiary/aromatic N) is 3. The van der Waals surface area contributed by atoms with Crippen molar-refractivity contribution in [1.82, 2.24) is 14.8 Å². The van der Waals surface area contributed by atoms with Crippen LogP contribution in [0.25, 0.3) is 0 Å². The third-order valence-electron chi connectivity index (χ3n) is 2.65. The molecule has 0 saturated carbocycles. The summed E-state index contributed by atoms with van der Waals surface area (Å²) in [5.41, 5.74) is 1.35. The second-order valence-electron chi connectivity index (χ2n) is 4.11. The van der Waals surface area contributed by atoms with Crippen LogP contribution in [0.1, 0.15) is 18.9 Å². The summed E-state index contributed by atoms with van der Waals surface area (Å²) in [5.74, 6) is 0. The fourth-order valence-corrected chi connectivity index (χ4v) is 1.87. The Labute approximate surface area is 116 Å². The van der Waals surface area contributed by atoms with Crippen molar-refractivity contribution >= 4 is 17.3 Å². The van der Waals surface area contributed by atoms with Crippen LogP contribution in [0.15, 0.2) is 35.5 Å². The van der Waals surface area contributed by atoms with E-state index in [1.54, 1.807) is 18.6 Å². The van der Waals surface area contributed by atoms with Crippen molar-refractivity contribution in [1.29, 1.82) is 0 Å². The van der Waals surface area contributed by atoms with E-state index in [0.717, 1.165) is 12.0 Å². The van der Waals surface area contributed by atoms with Crippen molar-refractivity contribution in [3.05, 3.63) is 51.7 Å². The van der Waals surface area contributed by atoms with E-state index in [1.807, 2.05) is 19.1 Å². The molecule has 0 aliphatic heterocycles. The standard InChI is InChI=1S/C13H15ClN4O/c1-2-7-18-13(19)12(14)11(9-17-18)16-8-10-3-5-15-6-4-10/h3-6,9,16H,2,7-8H2,1H3. The minimum atomic E-state index is -0.261. The van der Waals surface area contributed by atoms with Crippen molar-refractivity contribution in [3.63, 3.8) is 0 Å². The van der Waals surface area contributed by atoms with E-state index >= 15 is 0 Å². The molecule has 0 unspecified atom stereocenters. The van der Waals surface area contributed by atoms with Gasteiger partial charge in [-0.3, -0.25) is 9.78 Å². The van der Waals surface area contributed by atoms with Crippen molar-refractivity contribution in [3.8, 4) is 0 Å². The molecule has 0 bridgehead atoms. The van der Waals surface area contributed by atoms with Crippen molar-refractivity contribution in [2.45, 2.75) is 26.4 Å². The number of pyridine rings is 1. The zero-order valence-corrected chi connectivity index (χ0v) is 11.4. The third kappa shape index (κ3) is 3.32. The first-order valence-electron chi connectivity index (χ1n) is 6.10. The topological polar surface area (TPSA) is 59.8 Å². The first-order chi connectivity index (χ1) is 9.22. The van der Waals surface area contributed by atoms with Gasteiger partial charge in [-0.25, -0.2) is 4.68 Å². The van der Waals surface area contributed by atoms with Crippen LogP contribution < -0.4 is 10.9 Å². The van der Waals surface area contributed by atoms with Gasteiger partial charge < -0.3 is 5.32 Å². The van der Waals surface area contributed by atoms with Crippen LogP contribution in [0.3, 0.4) is 0 Å². The lowest BCUT2D eigenvalue weighted by atomic mass is 10.2. The van der Waals surface area contributed by atoms with Crippen molar-refractivity contribution in [2.24, 2.45) is 0 Å². The maximum absolute atomic E-state index is 11.9. The van der Waals surface area contributed by atoms with E-state index < -0.39 is 0 Å². The molecule has 1 N–H and O–H groups in total. The molecule has 2 rings (SSSR count). The van der Waals surface area contributed by atoms with Crippen molar-refractivity contribution in [2.75, 3.05) is 5.32 Å². The fourth-order valence-electron chi connectivity index (χ4n) is 1.66. The lowest BCUT2D eigenvalue weighted by Crippen LogP contribution is -2.24. The normalized spacial score (nSPS) is 10.4. The van der Waals surface area contributed by atoms with Crippen LogP contribution in [0.5, 0.6) is 0 Å². The highest BCUT2D eigenvalue weighted by Crippen LogP contribution is 2.16. The van der Waals surface area contributed by atoms with Gasteiger partial charge in [0.15, 0.2) is 0 Å². The average Bonchev–Trinajstić information content (AvgIpc) is 2.44. The van der Waals surface area contributed by atoms with Crippen LogP contribution in [0.4, 0.5) is 5.69 Å². The molecule has 5 nitrogen and oxygen atoms in total. The van der Waals surface area contributed by atoms with E-state index in [9.17, 15) is 4.79 Å². The predicted octanol–water partition coefficient (Wildman–Crippen LogP) is 2.31. The summed E-state index contributed by atoms with van der Waals surface area (Å²) < 4.78 is 1.37. The van der Waals surface area contributed by atoms with Gasteiger partial charge in [0.05, 0.1) is 11.9 Å². The van der Waals surface area contributed by atoms with Gasteiger partial charge in [0.1, 0.15) is 5.02 Å². The quantitative estimate of drug-likeness (QED) is 0.912. The summed E-state index contributed by atoms with van der Waals surface area (Å²) >= 11 is 6.05. The number of aryl methyl sites for hydroxylation is 1. The lowest BCUT2D eigenvalue weighted by Gasteiger charge is -2.09. The smallest absolute Gasteiger partial charge is 0.287 e. The molecule has 0 aromatic carbocycles. The van der Waals surface area contributed by atoms with Crippen LogP contribution >= 0.6 is 11.6 Å². The number of halogens is 1. The van der Waals surface area contributed by atoms with Crippen LogP contribution in [-0.4, -0.2) is 14.8 Å². The number of hydrogen-bond acceptors (Lipinski definition) is 4. The van der Waals surface area contributed by atoms with Crippen molar-refractivity contribution < 1.29 is 0 Å². The molecule has 0 radical (unpaired) electrons. The highest BCUT2D eigenvalue weighted by Gasteiger charge is 2.08. The minimum absolute atomic E-state index is 0.178. The molecule has 0 spiro atoms. The van der Waals surface area contributed by atoms with Gasteiger partial charge in [-0.15, -0.1) is 0 Å². The number of hydrogen-bond donors (Lipinski definition) is 1. The Hall–Kier alpha value is -1.88. The van der Waals surface area contributed by atoms with Gasteiger partial charge >= 0.3 is 0 Å². The van der Waals surface area contributed by atoms with E-state index in [0.29, 0.717) is 18.8 Å². The zero-order valence-electron chi connectivity index (χ0n) is 10.6. The molecule has 100 valence electrons. The number of rotatable bonds is 5. The van der Waals surface area contributed by atoms with E-state index in [4.69, 9.17) is 11.6 Å². The highest BCUT2D eigenvalue weighted by molar-refractivity contribution is 6.32. The first kappa shape index (κ1) is 13.5. The Kier molecular flexibility index (Phi) is 4.52. The van der Waals surface area contributed by atoms with E-state index in [-0.39, 0.29) is 10.6 Å². The molecule has 0 atom stereocenters. The molecule has 0 aliphatic carbocycles. The summed E-state index contributed by atoms with van der Waals surface area (Å²) in [6.07, 6.45) is 5.86. The molecule has 2 heterocycles. The maximum atomic E-state index is 11.9. The van der Waals surface area contributed by atoms with Gasteiger partial charge in [0.2, 0.25) is 0 Å². The number of aromatic nitrogens is 3. The van der Waals surface area contributed by atoms with E-state index in [1.165, 1.54) is 4.68 Å². The SMILES string of the molecule is CCCn1ncc(NCc2ccncc2)c(Cl)c1=O. The van der Waals surface area contributed by atoms with Gasteiger partial charge in [0.25, 0.3) is 5.56 Å². The largest absolute Gasteiger partial charge is 0.378 e. The molecule has 2 aromatic rings. The van der Waals surface area contributed by atoms with Gasteiger partial charge in [-0.1, -0.05) is 18.5 Å². The maximum Gasteiger partial charge on any atom is 0.287 e. The van der Waals surface area contributed by atoms with E-state index in [2.05, 4.69) is 15.4 Å². The number of anilines is 1. The zero-order chi connectivity index (χ0) is 13.7. The van der Waals surface area contributed by atoms with Gasteiger partial charge in [-0.2, -0.15) is 5.10 Å². The molecule has 0 saturated heterocycles. The lowest BCUT2D eigenvalue weighted by molar-refractivity contribution is 0.568. The Morgan fingerprint density at radius 1 is 1.37 bits per heavy atom. The molecule has 2 aromatic heterocycles. The van der Waals surface area contributed by atoms with Gasteiger partial charge in [0, 0.05) is 25.5 Å². The monoisotopic (exact) mass is 278 g/mol. The third-order valence-corrected chi connectivity index (χ3v) is 3.02. The Morgan fingerprint density at radius 2 is 2.11 bits per heavy atom. The van der Waals surface area contributed by atoms with Crippen LogP contribution in [-0.2, 0) is 13.1 Å². The highest BCUT2D eigenvalue weighted by atomic mass is 35.5. The first-order valence-corrected chi connectivity index (χ1v) is 6.48. The fraction of sp³-hybridized carbons (Fsp3) is 0.308. The minimum Gasteiger partial charge on any atom is -0.378 e. The van der Waals surface area contributed by atoms with Crippen LogP contribution in [0, 0.1) is 0 Å². The average molecular weight is 279 g/mol. The molecule has 6 heteroatoms. The summed E-state index contributed by atoms with van der Waals surface area (Å²) in [7, 11) is 0. The Balaban J connectivity index is 2.13. The molecule has 0 aliphatic rings.